The second-order valence-electron chi connectivity index (χ2n) is 5.58. The van der Waals surface area contributed by atoms with Crippen LogP contribution >= 0.6 is 22.6 Å². The molecule has 0 aromatic rings. The average molecular weight is 468 g/mol. The minimum absolute atomic E-state index is 0.0208. The van der Waals surface area contributed by atoms with Crippen LogP contribution in [0.1, 0.15) is 32.6 Å². The van der Waals surface area contributed by atoms with Gasteiger partial charge in [-0.15, -0.1) is 0 Å². The van der Waals surface area contributed by atoms with Gasteiger partial charge < -0.3 is 0 Å². The number of halogens is 10. The lowest BCUT2D eigenvalue weighted by molar-refractivity contribution is -0.401. The van der Waals surface area contributed by atoms with Crippen molar-refractivity contribution < 1.29 is 39.5 Å². The van der Waals surface area contributed by atoms with Gasteiger partial charge in [-0.05, 0) is 31.6 Å². The molecule has 0 aliphatic heterocycles. The summed E-state index contributed by atoms with van der Waals surface area (Å²) in [5, 5.41) is 0. The van der Waals surface area contributed by atoms with Crippen LogP contribution in [0, 0.1) is 5.92 Å². The molecule has 2 atom stereocenters. The molecule has 0 fully saturated rings. The van der Waals surface area contributed by atoms with E-state index in [9.17, 15) is 39.5 Å². The first-order valence-corrected chi connectivity index (χ1v) is 7.75. The molecular weight excluding hydrogens is 454 g/mol. The first-order chi connectivity index (χ1) is 10.1. The molecule has 0 heterocycles. The number of alkyl halides is 10. The standard InChI is InChI=1S/C13H14F9I/c1-8-6-4-2-3-5-7-9(8,23)10(14,15)11(16,17)12(18,19)13(20,21)22/h2,4,8H,3,5-7H2,1H3/b4-2-. The molecular formula is C13H14F9I. The van der Waals surface area contributed by atoms with Crippen LogP contribution in [0.2, 0.25) is 0 Å². The zero-order chi connectivity index (χ0) is 18.3. The monoisotopic (exact) mass is 468 g/mol. The highest BCUT2D eigenvalue weighted by atomic mass is 127. The molecule has 0 bridgehead atoms. The smallest absolute Gasteiger partial charge is 0.198 e. The third-order valence-electron chi connectivity index (χ3n) is 4.02. The summed E-state index contributed by atoms with van der Waals surface area (Å²) in [6, 6.07) is 0. The molecule has 2 unspecified atom stereocenters. The topological polar surface area (TPSA) is 0 Å². The van der Waals surface area contributed by atoms with Crippen molar-refractivity contribution in [1.82, 2.24) is 0 Å². The first-order valence-electron chi connectivity index (χ1n) is 6.67. The van der Waals surface area contributed by atoms with Gasteiger partial charge in [-0.3, -0.25) is 0 Å². The van der Waals surface area contributed by atoms with Crippen molar-refractivity contribution in [3.05, 3.63) is 12.2 Å². The molecule has 0 aromatic carbocycles. The summed E-state index contributed by atoms with van der Waals surface area (Å²) >= 11 is 0.930. The van der Waals surface area contributed by atoms with Gasteiger partial charge in [-0.25, -0.2) is 0 Å². The zero-order valence-electron chi connectivity index (χ0n) is 11.8. The molecule has 0 radical (unpaired) electrons. The average Bonchev–Trinajstić information content (AvgIpc) is 2.38. The minimum atomic E-state index is -6.83. The molecule has 1 rings (SSSR count). The lowest BCUT2D eigenvalue weighted by Gasteiger charge is -2.45. The van der Waals surface area contributed by atoms with Crippen molar-refractivity contribution in [3.8, 4) is 0 Å². The fourth-order valence-corrected chi connectivity index (χ4v) is 3.41. The van der Waals surface area contributed by atoms with Crippen LogP contribution < -0.4 is 0 Å². The Morgan fingerprint density at radius 2 is 1.43 bits per heavy atom. The van der Waals surface area contributed by atoms with E-state index in [4.69, 9.17) is 0 Å². The van der Waals surface area contributed by atoms with Gasteiger partial charge in [0, 0.05) is 0 Å². The Hall–Kier alpha value is -0.160. The summed E-state index contributed by atoms with van der Waals surface area (Å²) in [4.78, 5) is 0. The third kappa shape index (κ3) is 3.20. The number of hydrogen-bond donors (Lipinski definition) is 0. The third-order valence-corrected chi connectivity index (χ3v) is 6.30. The van der Waals surface area contributed by atoms with Crippen LogP contribution in [0.15, 0.2) is 12.2 Å². The Balaban J connectivity index is 3.38. The normalized spacial score (nSPS) is 29.8. The molecule has 23 heavy (non-hydrogen) atoms. The van der Waals surface area contributed by atoms with Gasteiger partial charge in [0.15, 0.2) is 0 Å². The van der Waals surface area contributed by atoms with E-state index < -0.39 is 39.7 Å². The van der Waals surface area contributed by atoms with E-state index in [1.807, 2.05) is 0 Å². The van der Waals surface area contributed by atoms with Gasteiger partial charge in [0.05, 0.1) is 3.42 Å². The first kappa shape index (κ1) is 20.9. The number of allylic oxidation sites excluding steroid dienone is 2. The van der Waals surface area contributed by atoms with E-state index in [1.165, 1.54) is 6.08 Å². The Morgan fingerprint density at radius 1 is 0.913 bits per heavy atom. The number of rotatable bonds is 3. The van der Waals surface area contributed by atoms with Crippen molar-refractivity contribution >= 4 is 22.6 Å². The maximum atomic E-state index is 14.3. The van der Waals surface area contributed by atoms with Gasteiger partial charge in [-0.1, -0.05) is 41.7 Å². The Kier molecular flexibility index (Phi) is 5.71. The van der Waals surface area contributed by atoms with Crippen LogP contribution in [0.5, 0.6) is 0 Å². The molecule has 0 saturated carbocycles. The Labute approximate surface area is 140 Å². The quantitative estimate of drug-likeness (QED) is 0.195. The summed E-state index contributed by atoms with van der Waals surface area (Å²) in [6.07, 6.45) is -4.19. The summed E-state index contributed by atoms with van der Waals surface area (Å²) in [7, 11) is 0. The van der Waals surface area contributed by atoms with Gasteiger partial charge in [0.25, 0.3) is 0 Å². The predicted molar refractivity (Wildman–Crippen MR) is 74.4 cm³/mol. The molecule has 0 amide bonds. The highest BCUT2D eigenvalue weighted by Crippen LogP contribution is 2.61. The van der Waals surface area contributed by atoms with E-state index >= 15 is 0 Å². The van der Waals surface area contributed by atoms with Gasteiger partial charge >= 0.3 is 23.9 Å². The maximum Gasteiger partial charge on any atom is 0.460 e. The predicted octanol–water partition coefficient (Wildman–Crippen LogP) is 6.39. The van der Waals surface area contributed by atoms with Crippen LogP contribution in [0.3, 0.4) is 0 Å². The lowest BCUT2D eigenvalue weighted by Crippen LogP contribution is -2.68. The minimum Gasteiger partial charge on any atom is -0.198 e. The maximum absolute atomic E-state index is 14.3. The molecule has 1 aliphatic carbocycles. The molecule has 0 nitrogen and oxygen atoms in total. The van der Waals surface area contributed by atoms with E-state index in [1.54, 1.807) is 6.08 Å². The van der Waals surface area contributed by atoms with Crippen molar-refractivity contribution in [2.24, 2.45) is 5.92 Å². The van der Waals surface area contributed by atoms with Gasteiger partial charge in [0.2, 0.25) is 0 Å². The van der Waals surface area contributed by atoms with Crippen LogP contribution in [-0.2, 0) is 0 Å². The highest BCUT2D eigenvalue weighted by Gasteiger charge is 2.85. The molecule has 136 valence electrons. The molecule has 0 saturated heterocycles. The van der Waals surface area contributed by atoms with E-state index in [-0.39, 0.29) is 19.3 Å². The second kappa shape index (κ2) is 6.29. The Bertz CT molecular complexity index is 455. The van der Waals surface area contributed by atoms with Crippen molar-refractivity contribution in [1.29, 1.82) is 0 Å². The van der Waals surface area contributed by atoms with Crippen LogP contribution in [0.25, 0.3) is 0 Å². The highest BCUT2D eigenvalue weighted by molar-refractivity contribution is 14.1. The van der Waals surface area contributed by atoms with Crippen LogP contribution in [0.4, 0.5) is 39.5 Å². The molecule has 0 spiro atoms. The largest absolute Gasteiger partial charge is 0.460 e. The SMILES string of the molecule is CC1C/C=C\CCCC1(I)C(F)(F)C(F)(F)C(F)(F)C(F)(F)F. The summed E-state index contributed by atoms with van der Waals surface area (Å²) in [6.45, 7) is 1.14. The lowest BCUT2D eigenvalue weighted by atomic mass is 9.77. The van der Waals surface area contributed by atoms with Gasteiger partial charge in [-0.2, -0.15) is 39.5 Å². The van der Waals surface area contributed by atoms with Crippen molar-refractivity contribution in [2.45, 2.75) is 60.0 Å². The van der Waals surface area contributed by atoms with Crippen molar-refractivity contribution in [2.75, 3.05) is 0 Å². The second-order valence-corrected chi connectivity index (χ2v) is 7.51. The fraction of sp³-hybridized carbons (Fsp3) is 0.846. The number of hydrogen-bond acceptors (Lipinski definition) is 0. The molecule has 10 heteroatoms. The summed E-state index contributed by atoms with van der Waals surface area (Å²) < 4.78 is 116. The van der Waals surface area contributed by atoms with E-state index in [2.05, 4.69) is 0 Å². The van der Waals surface area contributed by atoms with Crippen molar-refractivity contribution in [3.63, 3.8) is 0 Å². The summed E-state index contributed by atoms with van der Waals surface area (Å²) in [5.41, 5.74) is 0. The molecule has 0 aromatic heterocycles. The van der Waals surface area contributed by atoms with Crippen LogP contribution in [-0.4, -0.2) is 27.4 Å². The Morgan fingerprint density at radius 3 is 1.91 bits per heavy atom. The zero-order valence-corrected chi connectivity index (χ0v) is 14.0. The van der Waals surface area contributed by atoms with E-state index in [0.717, 1.165) is 29.5 Å². The molecule has 1 aliphatic rings. The van der Waals surface area contributed by atoms with Gasteiger partial charge in [0.1, 0.15) is 0 Å². The summed E-state index contributed by atoms with van der Waals surface area (Å²) in [5.74, 6) is -20.2. The van der Waals surface area contributed by atoms with E-state index in [0.29, 0.717) is 0 Å². The molecule has 0 N–H and O–H groups in total. The fourth-order valence-electron chi connectivity index (χ4n) is 2.43.